The minimum Gasteiger partial charge on any atom is -0.326 e. The minimum atomic E-state index is -3.59. The highest BCUT2D eigenvalue weighted by molar-refractivity contribution is 7.89. The summed E-state index contributed by atoms with van der Waals surface area (Å²) >= 11 is 0. The number of nitrogens with one attached hydrogen (secondary N) is 3. The van der Waals surface area contributed by atoms with Crippen molar-refractivity contribution in [1.29, 1.82) is 0 Å². The van der Waals surface area contributed by atoms with E-state index in [2.05, 4.69) is 15.0 Å². The third-order valence-corrected chi connectivity index (χ3v) is 6.39. The number of H-pyrrole nitrogens is 1. The summed E-state index contributed by atoms with van der Waals surface area (Å²) in [5.41, 5.74) is -0.616. The molecule has 0 unspecified atom stereocenters. The SMILES string of the molecule is O=C(CCn1ccc(=O)[nH]c1=O)Nc1ccc(S(=O)(=O)NC2CCCCC2)cc1. The summed E-state index contributed by atoms with van der Waals surface area (Å²) in [7, 11) is -3.59. The molecule has 9 nitrogen and oxygen atoms in total. The van der Waals surface area contributed by atoms with Gasteiger partial charge in [-0.1, -0.05) is 19.3 Å². The molecule has 1 aliphatic carbocycles. The largest absolute Gasteiger partial charge is 0.328 e. The van der Waals surface area contributed by atoms with Gasteiger partial charge >= 0.3 is 5.69 Å². The summed E-state index contributed by atoms with van der Waals surface area (Å²) in [4.78, 5) is 37.0. The highest BCUT2D eigenvalue weighted by atomic mass is 32.2. The Balaban J connectivity index is 1.56. The van der Waals surface area contributed by atoms with Gasteiger partial charge in [-0.05, 0) is 37.1 Å². The molecule has 0 bridgehead atoms. The van der Waals surface area contributed by atoms with Crippen molar-refractivity contribution in [2.45, 2.75) is 56.0 Å². The van der Waals surface area contributed by atoms with Gasteiger partial charge in [-0.3, -0.25) is 14.6 Å². The number of hydrogen-bond acceptors (Lipinski definition) is 5. The second-order valence-electron chi connectivity index (χ2n) is 7.08. The van der Waals surface area contributed by atoms with E-state index in [1.165, 1.54) is 41.1 Å². The molecule has 10 heteroatoms. The molecule has 0 atom stereocenters. The smallest absolute Gasteiger partial charge is 0.326 e. The predicted octanol–water partition coefficient (Wildman–Crippen LogP) is 1.18. The summed E-state index contributed by atoms with van der Waals surface area (Å²) in [6.07, 6.45) is 6.26. The molecule has 156 valence electrons. The van der Waals surface area contributed by atoms with Crippen molar-refractivity contribution in [3.8, 4) is 0 Å². The van der Waals surface area contributed by atoms with Gasteiger partial charge in [0.25, 0.3) is 5.56 Å². The van der Waals surface area contributed by atoms with Crippen LogP contribution in [0, 0.1) is 0 Å². The van der Waals surface area contributed by atoms with Gasteiger partial charge in [-0.15, -0.1) is 0 Å². The van der Waals surface area contributed by atoms with Crippen molar-refractivity contribution in [2.75, 3.05) is 5.32 Å². The molecule has 1 aromatic carbocycles. The Morgan fingerprint density at radius 1 is 1.07 bits per heavy atom. The molecule has 1 fully saturated rings. The van der Waals surface area contributed by atoms with Crippen LogP contribution < -0.4 is 21.3 Å². The Labute approximate surface area is 168 Å². The van der Waals surface area contributed by atoms with Crippen molar-refractivity contribution < 1.29 is 13.2 Å². The molecular formula is C19H24N4O5S. The first-order chi connectivity index (χ1) is 13.8. The van der Waals surface area contributed by atoms with Gasteiger partial charge in [0.2, 0.25) is 15.9 Å². The fraction of sp³-hybridized carbons (Fsp3) is 0.421. The molecule has 0 radical (unpaired) electrons. The van der Waals surface area contributed by atoms with Gasteiger partial charge < -0.3 is 9.88 Å². The molecule has 0 saturated heterocycles. The number of anilines is 1. The topological polar surface area (TPSA) is 130 Å². The number of amides is 1. The van der Waals surface area contributed by atoms with Crippen molar-refractivity contribution >= 4 is 21.6 Å². The average molecular weight is 420 g/mol. The Morgan fingerprint density at radius 2 is 1.76 bits per heavy atom. The van der Waals surface area contributed by atoms with Crippen molar-refractivity contribution in [2.24, 2.45) is 0 Å². The van der Waals surface area contributed by atoms with Crippen LogP contribution in [0.15, 0.2) is 51.0 Å². The van der Waals surface area contributed by atoms with E-state index in [1.54, 1.807) is 0 Å². The quantitative estimate of drug-likeness (QED) is 0.619. The maximum absolute atomic E-state index is 12.5. The zero-order valence-electron chi connectivity index (χ0n) is 15.9. The first kappa shape index (κ1) is 21.0. The van der Waals surface area contributed by atoms with Crippen LogP contribution in [0.2, 0.25) is 0 Å². The highest BCUT2D eigenvalue weighted by Crippen LogP contribution is 2.20. The molecule has 1 amide bonds. The standard InChI is InChI=1S/C19H24N4O5S/c24-17(10-12-23-13-11-18(25)21-19(23)26)20-14-6-8-16(9-7-14)29(27,28)22-15-4-2-1-3-5-15/h6-9,11,13,15,22H,1-5,10,12H2,(H,20,24)(H,21,25,26). The number of aromatic nitrogens is 2. The van der Waals surface area contributed by atoms with E-state index in [1.807, 2.05) is 0 Å². The van der Waals surface area contributed by atoms with Crippen molar-refractivity contribution in [3.63, 3.8) is 0 Å². The number of carbonyl (C=O) groups excluding carboxylic acids is 1. The van der Waals surface area contributed by atoms with Gasteiger partial charge in [0.15, 0.2) is 0 Å². The van der Waals surface area contributed by atoms with Crippen molar-refractivity contribution in [3.05, 3.63) is 57.4 Å². The number of benzene rings is 1. The van der Waals surface area contributed by atoms with Crippen LogP contribution in [0.3, 0.4) is 0 Å². The third-order valence-electron chi connectivity index (χ3n) is 4.85. The molecule has 0 aliphatic heterocycles. The van der Waals surface area contributed by atoms with Gasteiger partial charge in [0.05, 0.1) is 4.90 Å². The van der Waals surface area contributed by atoms with Crippen LogP contribution in [0.4, 0.5) is 5.69 Å². The normalized spacial score (nSPS) is 15.2. The lowest BCUT2D eigenvalue weighted by Gasteiger charge is -2.22. The number of hydrogen-bond donors (Lipinski definition) is 3. The number of sulfonamides is 1. The zero-order chi connectivity index (χ0) is 20.9. The summed E-state index contributed by atoms with van der Waals surface area (Å²) in [5.74, 6) is -0.334. The van der Waals surface area contributed by atoms with Gasteiger partial charge in [0.1, 0.15) is 0 Å². The van der Waals surface area contributed by atoms with E-state index in [4.69, 9.17) is 0 Å². The summed E-state index contributed by atoms with van der Waals surface area (Å²) in [6.45, 7) is 0.110. The van der Waals surface area contributed by atoms with Gasteiger partial charge in [0, 0.05) is 37.0 Å². The van der Waals surface area contributed by atoms with E-state index in [-0.39, 0.29) is 29.8 Å². The Morgan fingerprint density at radius 3 is 2.41 bits per heavy atom. The lowest BCUT2D eigenvalue weighted by atomic mass is 9.96. The predicted molar refractivity (Wildman–Crippen MR) is 108 cm³/mol. The fourth-order valence-electron chi connectivity index (χ4n) is 3.29. The maximum Gasteiger partial charge on any atom is 0.328 e. The Bertz CT molecular complexity index is 1070. The average Bonchev–Trinajstić information content (AvgIpc) is 2.68. The number of aromatic amines is 1. The molecule has 0 spiro atoms. The number of nitrogens with zero attached hydrogens (tertiary/aromatic N) is 1. The fourth-order valence-corrected chi connectivity index (χ4v) is 4.60. The summed E-state index contributed by atoms with van der Waals surface area (Å²) < 4.78 is 29.0. The van der Waals surface area contributed by atoms with Crippen LogP contribution in [-0.4, -0.2) is 29.9 Å². The molecule has 3 rings (SSSR count). The van der Waals surface area contributed by atoms with Crippen LogP contribution >= 0.6 is 0 Å². The minimum absolute atomic E-state index is 0.0231. The van der Waals surface area contributed by atoms with Crippen LogP contribution in [0.1, 0.15) is 38.5 Å². The number of rotatable bonds is 7. The Kier molecular flexibility index (Phi) is 6.65. The van der Waals surface area contributed by atoms with E-state index >= 15 is 0 Å². The molecule has 2 aromatic rings. The molecule has 1 saturated carbocycles. The number of aryl methyl sites for hydroxylation is 1. The zero-order valence-corrected chi connectivity index (χ0v) is 16.7. The second kappa shape index (κ2) is 9.19. The van der Waals surface area contributed by atoms with E-state index in [0.29, 0.717) is 5.69 Å². The lowest BCUT2D eigenvalue weighted by molar-refractivity contribution is -0.116. The molecule has 3 N–H and O–H groups in total. The lowest BCUT2D eigenvalue weighted by Crippen LogP contribution is -2.36. The maximum atomic E-state index is 12.5. The molecule has 1 aliphatic rings. The number of carbonyl (C=O) groups is 1. The molecular weight excluding hydrogens is 396 g/mol. The van der Waals surface area contributed by atoms with Crippen LogP contribution in [-0.2, 0) is 21.4 Å². The Hall–Kier alpha value is -2.72. The van der Waals surface area contributed by atoms with E-state index < -0.39 is 21.3 Å². The first-order valence-corrected chi connectivity index (χ1v) is 11.0. The monoisotopic (exact) mass is 420 g/mol. The molecule has 29 heavy (non-hydrogen) atoms. The van der Waals surface area contributed by atoms with Crippen molar-refractivity contribution in [1.82, 2.24) is 14.3 Å². The van der Waals surface area contributed by atoms with E-state index in [0.717, 1.165) is 32.1 Å². The van der Waals surface area contributed by atoms with Crippen LogP contribution in [0.25, 0.3) is 0 Å². The molecule has 1 aromatic heterocycles. The summed E-state index contributed by atoms with van der Waals surface area (Å²) in [6, 6.07) is 7.14. The van der Waals surface area contributed by atoms with Gasteiger partial charge in [-0.2, -0.15) is 0 Å². The first-order valence-electron chi connectivity index (χ1n) is 9.55. The van der Waals surface area contributed by atoms with Crippen LogP contribution in [0.5, 0.6) is 0 Å². The van der Waals surface area contributed by atoms with E-state index in [9.17, 15) is 22.8 Å². The van der Waals surface area contributed by atoms with Gasteiger partial charge in [-0.25, -0.2) is 17.9 Å². The molecule has 1 heterocycles. The summed E-state index contributed by atoms with van der Waals surface area (Å²) in [5, 5.41) is 2.66. The third kappa shape index (κ3) is 5.88. The highest BCUT2D eigenvalue weighted by Gasteiger charge is 2.21. The second-order valence-corrected chi connectivity index (χ2v) is 8.80.